The molecule has 0 rings (SSSR count). The summed E-state index contributed by atoms with van der Waals surface area (Å²) in [5.74, 6) is -0.433. The van der Waals surface area contributed by atoms with Gasteiger partial charge < -0.3 is 15.0 Å². The van der Waals surface area contributed by atoms with E-state index >= 15 is 0 Å². The summed E-state index contributed by atoms with van der Waals surface area (Å²) < 4.78 is 5.11. The molecule has 0 radical (unpaired) electrons. The molecular formula is C10H20N2O3. The lowest BCUT2D eigenvalue weighted by Crippen LogP contribution is -2.46. The number of nitrogens with one attached hydrogen (secondary N) is 1. The van der Waals surface area contributed by atoms with Gasteiger partial charge in [-0.2, -0.15) is 0 Å². The van der Waals surface area contributed by atoms with E-state index in [2.05, 4.69) is 5.32 Å². The van der Waals surface area contributed by atoms with E-state index in [-0.39, 0.29) is 6.03 Å². The Hall–Kier alpha value is -1.26. The molecule has 0 aromatic heterocycles. The van der Waals surface area contributed by atoms with Crippen LogP contribution in [0.2, 0.25) is 0 Å². The molecule has 0 aliphatic rings. The van der Waals surface area contributed by atoms with Crippen LogP contribution < -0.4 is 5.32 Å². The van der Waals surface area contributed by atoms with Gasteiger partial charge in [0.2, 0.25) is 0 Å². The zero-order valence-electron chi connectivity index (χ0n) is 10.2. The topological polar surface area (TPSA) is 58.6 Å². The maximum absolute atomic E-state index is 11.5. The molecular weight excluding hydrogens is 196 g/mol. The van der Waals surface area contributed by atoms with E-state index in [1.165, 1.54) is 4.90 Å². The first-order chi connectivity index (χ1) is 6.63. The van der Waals surface area contributed by atoms with Crippen molar-refractivity contribution in [1.29, 1.82) is 0 Å². The van der Waals surface area contributed by atoms with Crippen molar-refractivity contribution in [1.82, 2.24) is 10.2 Å². The fraction of sp³-hybridized carbons (Fsp3) is 0.800. The number of hydrogen-bond donors (Lipinski definition) is 1. The molecule has 15 heavy (non-hydrogen) atoms. The second-order valence-corrected chi connectivity index (χ2v) is 4.60. The van der Waals surface area contributed by atoms with Gasteiger partial charge in [-0.15, -0.1) is 0 Å². The molecule has 0 spiro atoms. The van der Waals surface area contributed by atoms with Gasteiger partial charge in [0.15, 0.2) is 0 Å². The Labute approximate surface area is 90.8 Å². The van der Waals surface area contributed by atoms with E-state index in [1.807, 2.05) is 0 Å². The highest BCUT2D eigenvalue weighted by atomic mass is 16.6. The maximum atomic E-state index is 11.5. The predicted octanol–water partition coefficient (Wildman–Crippen LogP) is 0.988. The Morgan fingerprint density at radius 2 is 1.73 bits per heavy atom. The summed E-state index contributed by atoms with van der Waals surface area (Å²) in [6.45, 7) is 6.94. The fourth-order valence-electron chi connectivity index (χ4n) is 0.763. The summed E-state index contributed by atoms with van der Waals surface area (Å²) in [6, 6.07) is -0.951. The highest BCUT2D eigenvalue weighted by Gasteiger charge is 2.23. The zero-order valence-corrected chi connectivity index (χ0v) is 10.2. The van der Waals surface area contributed by atoms with E-state index in [0.29, 0.717) is 0 Å². The molecule has 0 bridgehead atoms. The minimum Gasteiger partial charge on any atom is -0.458 e. The number of hydrogen-bond acceptors (Lipinski definition) is 3. The molecule has 1 atom stereocenters. The van der Waals surface area contributed by atoms with E-state index in [1.54, 1.807) is 41.8 Å². The first kappa shape index (κ1) is 13.7. The largest absolute Gasteiger partial charge is 0.458 e. The van der Waals surface area contributed by atoms with Crippen LogP contribution in [-0.2, 0) is 9.53 Å². The number of esters is 1. The van der Waals surface area contributed by atoms with Crippen LogP contribution >= 0.6 is 0 Å². The molecule has 0 saturated carbocycles. The van der Waals surface area contributed by atoms with E-state index in [0.717, 1.165) is 0 Å². The summed E-state index contributed by atoms with van der Waals surface area (Å²) in [5.41, 5.74) is -0.534. The number of urea groups is 1. The number of carbonyl (C=O) groups is 2. The van der Waals surface area contributed by atoms with Crippen LogP contribution in [-0.4, -0.2) is 42.6 Å². The van der Waals surface area contributed by atoms with Gasteiger partial charge in [-0.1, -0.05) is 0 Å². The van der Waals surface area contributed by atoms with Gasteiger partial charge in [0, 0.05) is 14.1 Å². The van der Waals surface area contributed by atoms with Gasteiger partial charge in [0.1, 0.15) is 11.6 Å². The number of ether oxygens (including phenoxy) is 1. The van der Waals surface area contributed by atoms with Crippen molar-refractivity contribution in [3.05, 3.63) is 0 Å². The zero-order chi connectivity index (χ0) is 12.2. The fourth-order valence-corrected chi connectivity index (χ4v) is 0.763. The SMILES string of the molecule is C[C@@H](NC(=O)N(C)C)C(=O)OC(C)(C)C. The molecule has 0 aromatic rings. The van der Waals surface area contributed by atoms with Gasteiger partial charge in [0.05, 0.1) is 0 Å². The molecule has 0 aromatic carbocycles. The number of nitrogens with zero attached hydrogens (tertiary/aromatic N) is 1. The molecule has 2 amide bonds. The van der Waals surface area contributed by atoms with Crippen LogP contribution in [0.15, 0.2) is 0 Å². The van der Waals surface area contributed by atoms with E-state index in [9.17, 15) is 9.59 Å². The summed E-state index contributed by atoms with van der Waals surface area (Å²) in [6.07, 6.45) is 0. The Morgan fingerprint density at radius 3 is 2.07 bits per heavy atom. The third-order valence-electron chi connectivity index (χ3n) is 1.51. The van der Waals surface area contributed by atoms with Gasteiger partial charge in [-0.3, -0.25) is 0 Å². The average molecular weight is 216 g/mol. The third kappa shape index (κ3) is 5.93. The normalized spacial score (nSPS) is 12.9. The monoisotopic (exact) mass is 216 g/mol. The molecule has 0 aliphatic heterocycles. The van der Waals surface area contributed by atoms with Crippen LogP contribution in [0.3, 0.4) is 0 Å². The second-order valence-electron chi connectivity index (χ2n) is 4.60. The molecule has 0 unspecified atom stereocenters. The number of amides is 2. The van der Waals surface area contributed by atoms with Crippen molar-refractivity contribution in [2.45, 2.75) is 39.3 Å². The minimum atomic E-state index is -0.640. The Kier molecular flexibility index (Phi) is 4.58. The Balaban J connectivity index is 4.17. The number of carbonyl (C=O) groups excluding carboxylic acids is 2. The summed E-state index contributed by atoms with van der Waals surface area (Å²) in [4.78, 5) is 24.1. The molecule has 0 heterocycles. The molecule has 0 saturated heterocycles. The highest BCUT2D eigenvalue weighted by molar-refractivity contribution is 5.83. The minimum absolute atomic E-state index is 0.312. The molecule has 5 heteroatoms. The van der Waals surface area contributed by atoms with Crippen molar-refractivity contribution in [2.24, 2.45) is 0 Å². The van der Waals surface area contributed by atoms with Crippen LogP contribution in [0.25, 0.3) is 0 Å². The molecule has 0 fully saturated rings. The Bertz CT molecular complexity index is 244. The lowest BCUT2D eigenvalue weighted by atomic mass is 10.2. The van der Waals surface area contributed by atoms with Crippen molar-refractivity contribution in [2.75, 3.05) is 14.1 Å². The summed E-state index contributed by atoms with van der Waals surface area (Å²) >= 11 is 0. The van der Waals surface area contributed by atoms with Gasteiger partial charge in [0.25, 0.3) is 0 Å². The van der Waals surface area contributed by atoms with Gasteiger partial charge in [-0.05, 0) is 27.7 Å². The molecule has 0 aliphatic carbocycles. The lowest BCUT2D eigenvalue weighted by molar-refractivity contribution is -0.156. The van der Waals surface area contributed by atoms with Gasteiger partial charge >= 0.3 is 12.0 Å². The number of rotatable bonds is 2. The van der Waals surface area contributed by atoms with Crippen molar-refractivity contribution in [3.63, 3.8) is 0 Å². The van der Waals surface area contributed by atoms with Crippen molar-refractivity contribution < 1.29 is 14.3 Å². The summed E-state index contributed by atoms with van der Waals surface area (Å²) in [7, 11) is 3.22. The lowest BCUT2D eigenvalue weighted by Gasteiger charge is -2.23. The maximum Gasteiger partial charge on any atom is 0.328 e. The average Bonchev–Trinajstić information content (AvgIpc) is 2.00. The third-order valence-corrected chi connectivity index (χ3v) is 1.51. The highest BCUT2D eigenvalue weighted by Crippen LogP contribution is 2.08. The van der Waals surface area contributed by atoms with E-state index < -0.39 is 17.6 Å². The predicted molar refractivity (Wildman–Crippen MR) is 57.5 cm³/mol. The van der Waals surface area contributed by atoms with Crippen LogP contribution in [0.4, 0.5) is 4.79 Å². The van der Waals surface area contributed by atoms with E-state index in [4.69, 9.17) is 4.74 Å². The van der Waals surface area contributed by atoms with Crippen LogP contribution in [0.1, 0.15) is 27.7 Å². The Morgan fingerprint density at radius 1 is 1.27 bits per heavy atom. The molecule has 5 nitrogen and oxygen atoms in total. The summed E-state index contributed by atoms with van der Waals surface area (Å²) in [5, 5.41) is 2.51. The standard InChI is InChI=1S/C10H20N2O3/c1-7(11-9(14)12(5)6)8(13)15-10(2,3)4/h7H,1-6H3,(H,11,14)/t7-/m1/s1. The smallest absolute Gasteiger partial charge is 0.328 e. The quantitative estimate of drug-likeness (QED) is 0.700. The molecule has 1 N–H and O–H groups in total. The second kappa shape index (κ2) is 5.00. The first-order valence-corrected chi connectivity index (χ1v) is 4.84. The first-order valence-electron chi connectivity index (χ1n) is 4.84. The molecule has 88 valence electrons. The van der Waals surface area contributed by atoms with Crippen molar-refractivity contribution in [3.8, 4) is 0 Å². The van der Waals surface area contributed by atoms with Crippen LogP contribution in [0.5, 0.6) is 0 Å². The van der Waals surface area contributed by atoms with Gasteiger partial charge in [-0.25, -0.2) is 9.59 Å². The van der Waals surface area contributed by atoms with Crippen LogP contribution in [0, 0.1) is 0 Å². The van der Waals surface area contributed by atoms with Crippen molar-refractivity contribution >= 4 is 12.0 Å².